The van der Waals surface area contributed by atoms with Crippen LogP contribution < -0.4 is 15.8 Å². The maximum absolute atomic E-state index is 5.72. The highest BCUT2D eigenvalue weighted by atomic mass is 16.5. The van der Waals surface area contributed by atoms with Crippen LogP contribution in [0.1, 0.15) is 19.3 Å². The summed E-state index contributed by atoms with van der Waals surface area (Å²) < 4.78 is 5.01. The van der Waals surface area contributed by atoms with Crippen molar-refractivity contribution < 1.29 is 4.74 Å². The van der Waals surface area contributed by atoms with Crippen LogP contribution in [0.3, 0.4) is 0 Å². The zero-order valence-corrected chi connectivity index (χ0v) is 9.52. The first-order chi connectivity index (χ1) is 7.83. The van der Waals surface area contributed by atoms with E-state index in [0.29, 0.717) is 23.7 Å². The van der Waals surface area contributed by atoms with Crippen molar-refractivity contribution in [3.05, 3.63) is 12.4 Å². The Bertz CT molecular complexity index is 327. The third-order valence-corrected chi connectivity index (χ3v) is 3.14. The summed E-state index contributed by atoms with van der Waals surface area (Å²) in [5.41, 5.74) is 5.72. The van der Waals surface area contributed by atoms with Gasteiger partial charge in [0, 0.05) is 6.04 Å². The van der Waals surface area contributed by atoms with Crippen LogP contribution in [0.4, 0.5) is 5.95 Å². The van der Waals surface area contributed by atoms with Gasteiger partial charge < -0.3 is 15.8 Å². The molecule has 1 aliphatic carbocycles. The first-order valence-corrected chi connectivity index (χ1v) is 5.66. The standard InChI is InChI=1S/C11H18N4O/c1-16-9-6-13-11(14-7-9)15-10-4-2-3-8(10)5-12/h6-8,10H,2-5,12H2,1H3,(H,13,14,15). The summed E-state index contributed by atoms with van der Waals surface area (Å²) in [6.07, 6.45) is 6.92. The molecule has 5 nitrogen and oxygen atoms in total. The Labute approximate surface area is 95.4 Å². The summed E-state index contributed by atoms with van der Waals surface area (Å²) >= 11 is 0. The average Bonchev–Trinajstić information content (AvgIpc) is 2.77. The second-order valence-corrected chi connectivity index (χ2v) is 4.12. The Morgan fingerprint density at radius 3 is 2.81 bits per heavy atom. The molecule has 2 unspecified atom stereocenters. The summed E-state index contributed by atoms with van der Waals surface area (Å²) in [5, 5.41) is 3.34. The third-order valence-electron chi connectivity index (χ3n) is 3.14. The number of nitrogens with zero attached hydrogens (tertiary/aromatic N) is 2. The van der Waals surface area contributed by atoms with E-state index in [9.17, 15) is 0 Å². The molecule has 0 amide bonds. The summed E-state index contributed by atoms with van der Waals surface area (Å²) in [5.74, 6) is 1.88. The second-order valence-electron chi connectivity index (χ2n) is 4.12. The minimum atomic E-state index is 0.415. The smallest absolute Gasteiger partial charge is 0.223 e. The van der Waals surface area contributed by atoms with Crippen molar-refractivity contribution in [1.29, 1.82) is 0 Å². The van der Waals surface area contributed by atoms with Gasteiger partial charge in [0.15, 0.2) is 5.75 Å². The van der Waals surface area contributed by atoms with Crippen LogP contribution in [-0.2, 0) is 0 Å². The lowest BCUT2D eigenvalue weighted by Gasteiger charge is -2.19. The third kappa shape index (κ3) is 2.41. The summed E-state index contributed by atoms with van der Waals surface area (Å²) in [7, 11) is 1.60. The van der Waals surface area contributed by atoms with E-state index in [1.807, 2.05) is 0 Å². The van der Waals surface area contributed by atoms with Crippen molar-refractivity contribution in [1.82, 2.24) is 9.97 Å². The molecule has 1 heterocycles. The van der Waals surface area contributed by atoms with Crippen LogP contribution in [0, 0.1) is 5.92 Å². The van der Waals surface area contributed by atoms with E-state index in [4.69, 9.17) is 10.5 Å². The van der Waals surface area contributed by atoms with E-state index in [1.54, 1.807) is 19.5 Å². The van der Waals surface area contributed by atoms with E-state index in [1.165, 1.54) is 12.8 Å². The van der Waals surface area contributed by atoms with Crippen LogP contribution >= 0.6 is 0 Å². The number of nitrogens with one attached hydrogen (secondary N) is 1. The Balaban J connectivity index is 1.97. The fourth-order valence-electron chi connectivity index (χ4n) is 2.17. The quantitative estimate of drug-likeness (QED) is 0.795. The molecule has 1 aromatic heterocycles. The van der Waals surface area contributed by atoms with Crippen LogP contribution in [-0.4, -0.2) is 29.7 Å². The van der Waals surface area contributed by atoms with Crippen molar-refractivity contribution in [2.75, 3.05) is 19.0 Å². The molecule has 0 radical (unpaired) electrons. The van der Waals surface area contributed by atoms with E-state index in [2.05, 4.69) is 15.3 Å². The Hall–Kier alpha value is -1.36. The molecule has 2 rings (SSSR count). The van der Waals surface area contributed by atoms with Crippen molar-refractivity contribution in [2.45, 2.75) is 25.3 Å². The number of anilines is 1. The molecule has 0 bridgehead atoms. The highest BCUT2D eigenvalue weighted by molar-refractivity contribution is 5.29. The number of hydrogen-bond acceptors (Lipinski definition) is 5. The number of nitrogens with two attached hydrogens (primary N) is 1. The van der Waals surface area contributed by atoms with E-state index in [-0.39, 0.29) is 0 Å². The van der Waals surface area contributed by atoms with Gasteiger partial charge in [-0.2, -0.15) is 0 Å². The van der Waals surface area contributed by atoms with Gasteiger partial charge in [0.05, 0.1) is 19.5 Å². The predicted molar refractivity (Wildman–Crippen MR) is 62.4 cm³/mol. The maximum Gasteiger partial charge on any atom is 0.223 e. The summed E-state index contributed by atoms with van der Waals surface area (Å²) in [4.78, 5) is 8.39. The molecule has 0 spiro atoms. The molecule has 1 saturated carbocycles. The van der Waals surface area contributed by atoms with Crippen molar-refractivity contribution in [3.8, 4) is 5.75 Å². The number of aromatic nitrogens is 2. The second kappa shape index (κ2) is 5.12. The molecule has 16 heavy (non-hydrogen) atoms. The fraction of sp³-hybridized carbons (Fsp3) is 0.636. The zero-order valence-electron chi connectivity index (χ0n) is 9.52. The Kier molecular flexibility index (Phi) is 3.56. The first-order valence-electron chi connectivity index (χ1n) is 5.66. The fourth-order valence-corrected chi connectivity index (χ4v) is 2.17. The molecule has 5 heteroatoms. The molecule has 0 saturated heterocycles. The van der Waals surface area contributed by atoms with E-state index < -0.39 is 0 Å². The minimum Gasteiger partial charge on any atom is -0.494 e. The van der Waals surface area contributed by atoms with Gasteiger partial charge in [0.25, 0.3) is 0 Å². The van der Waals surface area contributed by atoms with Crippen LogP contribution in [0.5, 0.6) is 5.75 Å². The minimum absolute atomic E-state index is 0.415. The van der Waals surface area contributed by atoms with Crippen LogP contribution in [0.15, 0.2) is 12.4 Å². The van der Waals surface area contributed by atoms with Gasteiger partial charge in [0.2, 0.25) is 5.95 Å². The molecule has 0 aliphatic heterocycles. The number of methoxy groups -OCH3 is 1. The topological polar surface area (TPSA) is 73.1 Å². The predicted octanol–water partition coefficient (Wildman–Crippen LogP) is 1.02. The SMILES string of the molecule is COc1cnc(NC2CCCC2CN)nc1. The zero-order chi connectivity index (χ0) is 11.4. The van der Waals surface area contributed by atoms with Gasteiger partial charge in [-0.15, -0.1) is 0 Å². The van der Waals surface area contributed by atoms with Gasteiger partial charge >= 0.3 is 0 Å². The van der Waals surface area contributed by atoms with Crippen LogP contribution in [0.2, 0.25) is 0 Å². The summed E-state index contributed by atoms with van der Waals surface area (Å²) in [6, 6.07) is 0.415. The molecule has 3 N–H and O–H groups in total. The largest absolute Gasteiger partial charge is 0.494 e. The lowest BCUT2D eigenvalue weighted by Crippen LogP contribution is -2.30. The Morgan fingerprint density at radius 1 is 1.44 bits per heavy atom. The molecule has 2 atom stereocenters. The summed E-state index contributed by atoms with van der Waals surface area (Å²) in [6.45, 7) is 0.730. The lowest BCUT2D eigenvalue weighted by molar-refractivity contribution is 0.410. The van der Waals surface area contributed by atoms with Crippen molar-refractivity contribution >= 4 is 5.95 Å². The molecule has 1 aromatic rings. The number of ether oxygens (including phenoxy) is 1. The van der Waals surface area contributed by atoms with Gasteiger partial charge in [-0.05, 0) is 25.3 Å². The highest BCUT2D eigenvalue weighted by Crippen LogP contribution is 2.26. The Morgan fingerprint density at radius 2 is 2.19 bits per heavy atom. The van der Waals surface area contributed by atoms with Gasteiger partial charge in [-0.3, -0.25) is 0 Å². The molecule has 88 valence electrons. The van der Waals surface area contributed by atoms with Crippen LogP contribution in [0.25, 0.3) is 0 Å². The first kappa shape index (κ1) is 11.1. The van der Waals surface area contributed by atoms with E-state index >= 15 is 0 Å². The van der Waals surface area contributed by atoms with Gasteiger partial charge in [-0.25, -0.2) is 9.97 Å². The van der Waals surface area contributed by atoms with E-state index in [0.717, 1.165) is 13.0 Å². The number of rotatable bonds is 4. The highest BCUT2D eigenvalue weighted by Gasteiger charge is 2.26. The molecule has 1 aliphatic rings. The maximum atomic E-state index is 5.72. The molecule has 1 fully saturated rings. The van der Waals surface area contributed by atoms with Gasteiger partial charge in [0.1, 0.15) is 0 Å². The van der Waals surface area contributed by atoms with Crippen molar-refractivity contribution in [3.63, 3.8) is 0 Å². The van der Waals surface area contributed by atoms with Gasteiger partial charge in [-0.1, -0.05) is 6.42 Å². The molecular weight excluding hydrogens is 204 g/mol. The molecule has 0 aromatic carbocycles. The average molecular weight is 222 g/mol. The van der Waals surface area contributed by atoms with Crippen molar-refractivity contribution in [2.24, 2.45) is 11.7 Å². The lowest BCUT2D eigenvalue weighted by atomic mass is 10.0. The monoisotopic (exact) mass is 222 g/mol. The normalized spacial score (nSPS) is 24.4. The molecular formula is C11H18N4O. The number of hydrogen-bond donors (Lipinski definition) is 2.